The number of hydrogen-bond acceptors (Lipinski definition) is 4. The van der Waals surface area contributed by atoms with Crippen molar-refractivity contribution in [1.29, 1.82) is 0 Å². The monoisotopic (exact) mass is 238 g/mol. The Morgan fingerprint density at radius 1 is 1.31 bits per heavy atom. The average Bonchev–Trinajstić information content (AvgIpc) is 2.76. The Hall–Kier alpha value is -0.450. The smallest absolute Gasteiger partial charge is 0.0985 e. The van der Waals surface area contributed by atoms with Gasteiger partial charge in [-0.2, -0.15) is 0 Å². The van der Waals surface area contributed by atoms with Crippen molar-refractivity contribution in [2.24, 2.45) is 5.73 Å². The molecule has 0 aromatic carbocycles. The third-order valence-corrected chi connectivity index (χ3v) is 4.82. The van der Waals surface area contributed by atoms with Gasteiger partial charge in [-0.25, -0.2) is 4.98 Å². The first-order valence-electron chi connectivity index (χ1n) is 6.17. The van der Waals surface area contributed by atoms with E-state index in [1.807, 2.05) is 11.3 Å². The molecule has 0 amide bonds. The fourth-order valence-corrected chi connectivity index (χ4v) is 3.88. The number of fused-ring (bicyclic) bond motifs is 1. The number of thiazole rings is 1. The predicted molar refractivity (Wildman–Crippen MR) is 64.8 cm³/mol. The van der Waals surface area contributed by atoms with Gasteiger partial charge in [-0.15, -0.1) is 11.3 Å². The molecule has 1 aliphatic heterocycles. The predicted octanol–water partition coefficient (Wildman–Crippen LogP) is 2.37. The minimum Gasteiger partial charge on any atom is -0.381 e. The summed E-state index contributed by atoms with van der Waals surface area (Å²) in [5.41, 5.74) is 7.28. The van der Waals surface area contributed by atoms with Gasteiger partial charge in [0.1, 0.15) is 0 Å². The van der Waals surface area contributed by atoms with Crippen molar-refractivity contribution in [2.75, 3.05) is 13.2 Å². The van der Waals surface area contributed by atoms with E-state index in [1.54, 1.807) is 0 Å². The number of nitrogens with two attached hydrogens (primary N) is 1. The van der Waals surface area contributed by atoms with E-state index < -0.39 is 0 Å². The molecular weight excluding hydrogens is 220 g/mol. The first-order valence-corrected chi connectivity index (χ1v) is 6.99. The number of rotatable bonds is 1. The fraction of sp³-hybridized carbons (Fsp3) is 0.750. The van der Waals surface area contributed by atoms with Crippen LogP contribution >= 0.6 is 11.3 Å². The first kappa shape index (κ1) is 10.7. The lowest BCUT2D eigenvalue weighted by Gasteiger charge is -2.19. The van der Waals surface area contributed by atoms with Crippen molar-refractivity contribution in [1.82, 2.24) is 4.98 Å². The van der Waals surface area contributed by atoms with E-state index in [1.165, 1.54) is 41.3 Å². The Kier molecular flexibility index (Phi) is 2.96. The van der Waals surface area contributed by atoms with Gasteiger partial charge in [0.05, 0.1) is 17.3 Å². The molecule has 3 nitrogen and oxygen atoms in total. The SMILES string of the molecule is NC1CCCc2sc(C3CCCOC3)nc21. The van der Waals surface area contributed by atoms with Crippen LogP contribution in [-0.4, -0.2) is 18.2 Å². The van der Waals surface area contributed by atoms with Gasteiger partial charge >= 0.3 is 0 Å². The van der Waals surface area contributed by atoms with E-state index in [-0.39, 0.29) is 6.04 Å². The highest BCUT2D eigenvalue weighted by atomic mass is 32.1. The molecule has 2 N–H and O–H groups in total. The number of ether oxygens (including phenoxy) is 1. The van der Waals surface area contributed by atoms with Crippen LogP contribution in [-0.2, 0) is 11.2 Å². The average molecular weight is 238 g/mol. The fourth-order valence-electron chi connectivity index (χ4n) is 2.58. The first-order chi connectivity index (χ1) is 7.84. The van der Waals surface area contributed by atoms with Crippen LogP contribution in [0, 0.1) is 0 Å². The molecule has 2 unspecified atom stereocenters. The Bertz CT molecular complexity index is 371. The van der Waals surface area contributed by atoms with Crippen LogP contribution in [0.1, 0.15) is 53.2 Å². The molecule has 16 heavy (non-hydrogen) atoms. The van der Waals surface area contributed by atoms with E-state index >= 15 is 0 Å². The van der Waals surface area contributed by atoms with Crippen molar-refractivity contribution in [3.8, 4) is 0 Å². The van der Waals surface area contributed by atoms with Crippen LogP contribution in [0.2, 0.25) is 0 Å². The molecule has 3 rings (SSSR count). The molecule has 1 aliphatic carbocycles. The largest absolute Gasteiger partial charge is 0.381 e. The molecule has 0 spiro atoms. The lowest BCUT2D eigenvalue weighted by atomic mass is 9.98. The Morgan fingerprint density at radius 3 is 3.00 bits per heavy atom. The summed E-state index contributed by atoms with van der Waals surface area (Å²) >= 11 is 1.87. The molecule has 1 fully saturated rings. The molecular formula is C12H18N2OS. The van der Waals surface area contributed by atoms with Gasteiger partial charge < -0.3 is 10.5 Å². The van der Waals surface area contributed by atoms with Gasteiger partial charge in [0, 0.05) is 23.4 Å². The van der Waals surface area contributed by atoms with Gasteiger partial charge in [0.2, 0.25) is 0 Å². The molecule has 2 heterocycles. The van der Waals surface area contributed by atoms with E-state index in [0.29, 0.717) is 5.92 Å². The van der Waals surface area contributed by atoms with Crippen LogP contribution in [0.4, 0.5) is 0 Å². The van der Waals surface area contributed by atoms with Crippen molar-refractivity contribution in [2.45, 2.75) is 44.1 Å². The van der Waals surface area contributed by atoms with Gasteiger partial charge in [0.15, 0.2) is 0 Å². The second-order valence-electron chi connectivity index (χ2n) is 4.77. The highest BCUT2D eigenvalue weighted by Gasteiger charge is 2.26. The minimum atomic E-state index is 0.179. The quantitative estimate of drug-likeness (QED) is 0.817. The molecule has 88 valence electrons. The topological polar surface area (TPSA) is 48.1 Å². The second kappa shape index (κ2) is 4.43. The zero-order valence-corrected chi connectivity index (χ0v) is 10.3. The van der Waals surface area contributed by atoms with Gasteiger partial charge in [0.25, 0.3) is 0 Å². The van der Waals surface area contributed by atoms with Crippen LogP contribution < -0.4 is 5.73 Å². The molecule has 2 aliphatic rings. The van der Waals surface area contributed by atoms with E-state index in [0.717, 1.165) is 19.6 Å². The highest BCUT2D eigenvalue weighted by molar-refractivity contribution is 7.11. The molecule has 0 bridgehead atoms. The summed E-state index contributed by atoms with van der Waals surface area (Å²) in [5, 5.41) is 1.27. The lowest BCUT2D eigenvalue weighted by molar-refractivity contribution is 0.0803. The van der Waals surface area contributed by atoms with Crippen molar-refractivity contribution in [3.63, 3.8) is 0 Å². The van der Waals surface area contributed by atoms with Gasteiger partial charge in [-0.3, -0.25) is 0 Å². The third kappa shape index (κ3) is 1.90. The summed E-state index contributed by atoms with van der Waals surface area (Å²) in [6.07, 6.45) is 5.88. The summed E-state index contributed by atoms with van der Waals surface area (Å²) in [7, 11) is 0. The number of nitrogens with zero attached hydrogens (tertiary/aromatic N) is 1. The van der Waals surface area contributed by atoms with E-state index in [2.05, 4.69) is 0 Å². The highest BCUT2D eigenvalue weighted by Crippen LogP contribution is 2.36. The maximum Gasteiger partial charge on any atom is 0.0985 e. The number of aromatic nitrogens is 1. The van der Waals surface area contributed by atoms with E-state index in [9.17, 15) is 0 Å². The Labute approximate surface area is 100 Å². The van der Waals surface area contributed by atoms with Gasteiger partial charge in [-0.05, 0) is 32.1 Å². The maximum absolute atomic E-state index is 6.10. The molecule has 1 saturated heterocycles. The summed E-state index contributed by atoms with van der Waals surface area (Å²) < 4.78 is 5.53. The maximum atomic E-state index is 6.10. The molecule has 1 aromatic rings. The number of hydrogen-bond donors (Lipinski definition) is 1. The molecule has 1 aromatic heterocycles. The third-order valence-electron chi connectivity index (χ3n) is 3.52. The van der Waals surface area contributed by atoms with Crippen LogP contribution in [0.3, 0.4) is 0 Å². The van der Waals surface area contributed by atoms with Crippen LogP contribution in [0.25, 0.3) is 0 Å². The molecule has 2 atom stereocenters. The second-order valence-corrected chi connectivity index (χ2v) is 5.89. The molecule has 0 saturated carbocycles. The van der Waals surface area contributed by atoms with Crippen molar-refractivity contribution in [3.05, 3.63) is 15.6 Å². The molecule has 4 heteroatoms. The number of aryl methyl sites for hydroxylation is 1. The summed E-state index contributed by atoms with van der Waals surface area (Å²) in [4.78, 5) is 6.20. The Balaban J connectivity index is 1.85. The molecule has 0 radical (unpaired) electrons. The standard InChI is InChI=1S/C12H18N2OS/c13-9-4-1-5-10-11(9)14-12(16-10)8-3-2-6-15-7-8/h8-9H,1-7,13H2. The van der Waals surface area contributed by atoms with Crippen molar-refractivity contribution >= 4 is 11.3 Å². The zero-order chi connectivity index (χ0) is 11.0. The Morgan fingerprint density at radius 2 is 2.25 bits per heavy atom. The normalized spacial score (nSPS) is 30.1. The van der Waals surface area contributed by atoms with Crippen LogP contribution in [0.15, 0.2) is 0 Å². The summed E-state index contributed by atoms with van der Waals surface area (Å²) in [6, 6.07) is 0.179. The lowest BCUT2D eigenvalue weighted by Crippen LogP contribution is -2.17. The minimum absolute atomic E-state index is 0.179. The zero-order valence-electron chi connectivity index (χ0n) is 9.45. The van der Waals surface area contributed by atoms with Crippen molar-refractivity contribution < 1.29 is 4.74 Å². The van der Waals surface area contributed by atoms with Crippen LogP contribution in [0.5, 0.6) is 0 Å². The van der Waals surface area contributed by atoms with Gasteiger partial charge in [-0.1, -0.05) is 0 Å². The summed E-state index contributed by atoms with van der Waals surface area (Å²) in [6.45, 7) is 1.77. The van der Waals surface area contributed by atoms with E-state index in [4.69, 9.17) is 15.5 Å². The summed E-state index contributed by atoms with van der Waals surface area (Å²) in [5.74, 6) is 0.525.